The number of halogens is 3. The van der Waals surface area contributed by atoms with Crippen molar-refractivity contribution in [3.05, 3.63) is 65.7 Å². The Morgan fingerprint density at radius 2 is 1.72 bits per heavy atom. The largest absolute Gasteiger partial charge is 0.416 e. The van der Waals surface area contributed by atoms with Gasteiger partial charge in [0.15, 0.2) is 0 Å². The maximum absolute atomic E-state index is 12.8. The molecule has 2 aliphatic heterocycles. The molecule has 2 aromatic carbocycles. The molecular weight excluding hydrogens is 329 g/mol. The van der Waals surface area contributed by atoms with Crippen molar-refractivity contribution in [3.8, 4) is 0 Å². The first-order valence-corrected chi connectivity index (χ1v) is 8.10. The monoisotopic (exact) mass is 346 g/mol. The van der Waals surface area contributed by atoms with E-state index in [4.69, 9.17) is 9.84 Å². The molecule has 0 aliphatic carbocycles. The van der Waals surface area contributed by atoms with E-state index in [-0.39, 0.29) is 11.6 Å². The summed E-state index contributed by atoms with van der Waals surface area (Å²) >= 11 is 0. The second kappa shape index (κ2) is 5.59. The van der Waals surface area contributed by atoms with Gasteiger partial charge in [-0.3, -0.25) is 5.01 Å². The summed E-state index contributed by atoms with van der Waals surface area (Å²) in [5.41, 5.74) is 1.52. The summed E-state index contributed by atoms with van der Waals surface area (Å²) in [7, 11) is 0. The standard InChI is InChI=1S/C19H17F3N2O/c1-18(12-25-18)17-11-16(23-24(17)15-5-3-2-4-6-15)13-7-9-14(10-8-13)19(20,21)22/h2-10,17H,11-12H2,1H3/t17-,18+/m1/s1. The zero-order chi connectivity index (χ0) is 17.7. The Morgan fingerprint density at radius 1 is 1.08 bits per heavy atom. The van der Waals surface area contributed by atoms with Crippen LogP contribution in [0.5, 0.6) is 0 Å². The van der Waals surface area contributed by atoms with Crippen LogP contribution in [0.15, 0.2) is 59.7 Å². The van der Waals surface area contributed by atoms with Gasteiger partial charge in [-0.2, -0.15) is 18.3 Å². The fourth-order valence-electron chi connectivity index (χ4n) is 3.14. The van der Waals surface area contributed by atoms with Crippen molar-refractivity contribution in [2.45, 2.75) is 31.2 Å². The van der Waals surface area contributed by atoms with E-state index < -0.39 is 11.7 Å². The molecule has 1 fully saturated rings. The van der Waals surface area contributed by atoms with Gasteiger partial charge in [-0.05, 0) is 36.8 Å². The molecule has 130 valence electrons. The van der Waals surface area contributed by atoms with Crippen LogP contribution in [-0.4, -0.2) is 24.0 Å². The van der Waals surface area contributed by atoms with Gasteiger partial charge in [0, 0.05) is 6.42 Å². The zero-order valence-corrected chi connectivity index (χ0v) is 13.6. The number of para-hydroxylation sites is 1. The van der Waals surface area contributed by atoms with E-state index in [1.54, 1.807) is 0 Å². The number of hydrazone groups is 1. The van der Waals surface area contributed by atoms with Crippen molar-refractivity contribution in [3.63, 3.8) is 0 Å². The lowest BCUT2D eigenvalue weighted by Crippen LogP contribution is -2.38. The quantitative estimate of drug-likeness (QED) is 0.767. The molecule has 3 nitrogen and oxygen atoms in total. The molecule has 2 atom stereocenters. The van der Waals surface area contributed by atoms with Gasteiger partial charge in [-0.25, -0.2) is 0 Å². The number of anilines is 1. The molecule has 25 heavy (non-hydrogen) atoms. The Hall–Kier alpha value is -2.34. The normalized spacial score (nSPS) is 25.8. The minimum Gasteiger partial charge on any atom is -0.368 e. The molecular formula is C19H17F3N2O. The van der Waals surface area contributed by atoms with Crippen LogP contribution in [0.25, 0.3) is 0 Å². The van der Waals surface area contributed by atoms with Crippen LogP contribution in [0.2, 0.25) is 0 Å². The van der Waals surface area contributed by atoms with Crippen LogP contribution in [0.1, 0.15) is 24.5 Å². The fraction of sp³-hybridized carbons (Fsp3) is 0.316. The minimum atomic E-state index is -4.33. The van der Waals surface area contributed by atoms with E-state index in [0.717, 1.165) is 23.5 Å². The lowest BCUT2D eigenvalue weighted by Gasteiger charge is -2.26. The Labute approximate surface area is 143 Å². The molecule has 0 spiro atoms. The second-order valence-corrected chi connectivity index (χ2v) is 6.62. The number of hydrogen-bond acceptors (Lipinski definition) is 3. The van der Waals surface area contributed by atoms with Crippen LogP contribution in [0.3, 0.4) is 0 Å². The summed E-state index contributed by atoms with van der Waals surface area (Å²) in [5, 5.41) is 6.63. The number of rotatable bonds is 3. The number of epoxide rings is 1. The molecule has 4 rings (SSSR count). The summed E-state index contributed by atoms with van der Waals surface area (Å²) in [4.78, 5) is 0. The van der Waals surface area contributed by atoms with Crippen molar-refractivity contribution >= 4 is 11.4 Å². The van der Waals surface area contributed by atoms with E-state index in [0.29, 0.717) is 18.6 Å². The Bertz CT molecular complexity index is 796. The third-order valence-electron chi connectivity index (χ3n) is 4.78. The third kappa shape index (κ3) is 3.02. The maximum Gasteiger partial charge on any atom is 0.416 e. The lowest BCUT2D eigenvalue weighted by molar-refractivity contribution is -0.137. The SMILES string of the molecule is C[C@@]1([C@H]2CC(c3ccc(C(F)(F)F)cc3)=NN2c2ccccc2)CO1. The van der Waals surface area contributed by atoms with E-state index in [2.05, 4.69) is 0 Å². The lowest BCUT2D eigenvalue weighted by atomic mass is 9.94. The van der Waals surface area contributed by atoms with Gasteiger partial charge >= 0.3 is 6.18 Å². The Balaban J connectivity index is 1.66. The molecule has 2 heterocycles. The molecule has 0 saturated carbocycles. The van der Waals surface area contributed by atoms with Crippen molar-refractivity contribution in [2.75, 3.05) is 11.6 Å². The molecule has 1 saturated heterocycles. The van der Waals surface area contributed by atoms with Crippen LogP contribution >= 0.6 is 0 Å². The predicted molar refractivity (Wildman–Crippen MR) is 89.7 cm³/mol. The van der Waals surface area contributed by atoms with Gasteiger partial charge in [0.2, 0.25) is 0 Å². The second-order valence-electron chi connectivity index (χ2n) is 6.62. The first kappa shape index (κ1) is 16.1. The highest BCUT2D eigenvalue weighted by Gasteiger charge is 2.52. The zero-order valence-electron chi connectivity index (χ0n) is 13.6. The summed E-state index contributed by atoms with van der Waals surface area (Å²) in [6.45, 7) is 2.70. The summed E-state index contributed by atoms with van der Waals surface area (Å²) in [6.07, 6.45) is -3.69. The van der Waals surface area contributed by atoms with Crippen molar-refractivity contribution < 1.29 is 17.9 Å². The van der Waals surface area contributed by atoms with E-state index in [1.165, 1.54) is 12.1 Å². The molecule has 0 N–H and O–H groups in total. The average molecular weight is 346 g/mol. The summed E-state index contributed by atoms with van der Waals surface area (Å²) in [5.74, 6) is 0. The van der Waals surface area contributed by atoms with Gasteiger partial charge in [0.05, 0.1) is 29.6 Å². The summed E-state index contributed by atoms with van der Waals surface area (Å²) < 4.78 is 43.9. The molecule has 0 bridgehead atoms. The molecule has 0 unspecified atom stereocenters. The number of hydrogen-bond donors (Lipinski definition) is 0. The highest BCUT2D eigenvalue weighted by molar-refractivity contribution is 6.03. The van der Waals surface area contributed by atoms with Gasteiger partial charge in [0.1, 0.15) is 5.60 Å². The average Bonchev–Trinajstić information content (AvgIpc) is 3.19. The number of ether oxygens (including phenoxy) is 1. The molecule has 2 aromatic rings. The minimum absolute atomic E-state index is 0.0344. The van der Waals surface area contributed by atoms with Crippen molar-refractivity contribution in [1.82, 2.24) is 0 Å². The molecule has 2 aliphatic rings. The van der Waals surface area contributed by atoms with E-state index in [1.807, 2.05) is 42.3 Å². The molecule has 0 radical (unpaired) electrons. The molecule has 6 heteroatoms. The number of nitrogens with zero attached hydrogens (tertiary/aromatic N) is 2. The van der Waals surface area contributed by atoms with Crippen LogP contribution in [0, 0.1) is 0 Å². The van der Waals surface area contributed by atoms with E-state index >= 15 is 0 Å². The van der Waals surface area contributed by atoms with Crippen molar-refractivity contribution in [1.29, 1.82) is 0 Å². The van der Waals surface area contributed by atoms with Gasteiger partial charge < -0.3 is 4.74 Å². The fourth-order valence-corrected chi connectivity index (χ4v) is 3.14. The van der Waals surface area contributed by atoms with E-state index in [9.17, 15) is 13.2 Å². The van der Waals surface area contributed by atoms with Gasteiger partial charge in [-0.15, -0.1) is 0 Å². The topological polar surface area (TPSA) is 28.1 Å². The highest BCUT2D eigenvalue weighted by Crippen LogP contribution is 2.41. The van der Waals surface area contributed by atoms with Crippen molar-refractivity contribution in [2.24, 2.45) is 5.10 Å². The summed E-state index contributed by atoms with van der Waals surface area (Å²) in [6, 6.07) is 15.0. The van der Waals surface area contributed by atoms with Crippen LogP contribution < -0.4 is 5.01 Å². The Kier molecular flexibility index (Phi) is 3.61. The number of alkyl halides is 3. The first-order valence-electron chi connectivity index (χ1n) is 8.10. The Morgan fingerprint density at radius 3 is 2.28 bits per heavy atom. The smallest absolute Gasteiger partial charge is 0.368 e. The molecule has 0 aromatic heterocycles. The number of benzene rings is 2. The predicted octanol–water partition coefficient (Wildman–Crippen LogP) is 4.48. The maximum atomic E-state index is 12.8. The van der Waals surface area contributed by atoms with Gasteiger partial charge in [0.25, 0.3) is 0 Å². The van der Waals surface area contributed by atoms with Crippen LogP contribution in [-0.2, 0) is 10.9 Å². The highest BCUT2D eigenvalue weighted by atomic mass is 19.4. The first-order chi connectivity index (χ1) is 11.9. The van der Waals surface area contributed by atoms with Crippen LogP contribution in [0.4, 0.5) is 18.9 Å². The third-order valence-corrected chi connectivity index (χ3v) is 4.78. The van der Waals surface area contributed by atoms with Gasteiger partial charge in [-0.1, -0.05) is 30.3 Å². The molecule has 0 amide bonds.